The molecule has 0 radical (unpaired) electrons. The number of aliphatic hydroxyl groups excluding tert-OH is 5. The first-order valence-electron chi connectivity index (χ1n) is 20.2. The van der Waals surface area contributed by atoms with Gasteiger partial charge in [-0.25, -0.2) is 4.79 Å². The lowest BCUT2D eigenvalue weighted by Gasteiger charge is -2.71. The zero-order valence-electron chi connectivity index (χ0n) is 32.9. The number of hydrogen-bond donors (Lipinski definition) is 7. The fourth-order valence-electron chi connectivity index (χ4n) is 13.4. The number of carboxylic acids is 2. The molecule has 6 fully saturated rings. The zero-order valence-corrected chi connectivity index (χ0v) is 32.9. The summed E-state index contributed by atoms with van der Waals surface area (Å²) in [6.45, 7) is 15.9. The summed E-state index contributed by atoms with van der Waals surface area (Å²) >= 11 is 0. The molecule has 7 rings (SSSR count). The molecular formula is C41H64O13. The summed E-state index contributed by atoms with van der Waals surface area (Å²) in [4.78, 5) is 25.2. The first-order valence-corrected chi connectivity index (χ1v) is 20.2. The predicted octanol–water partition coefficient (Wildman–Crippen LogP) is 3.61. The third-order valence-corrected chi connectivity index (χ3v) is 16.8. The fourth-order valence-corrected chi connectivity index (χ4v) is 13.4. The van der Waals surface area contributed by atoms with Gasteiger partial charge in [0.2, 0.25) is 0 Å². The van der Waals surface area contributed by atoms with E-state index >= 15 is 0 Å². The highest BCUT2D eigenvalue weighted by molar-refractivity contribution is 5.76. The van der Waals surface area contributed by atoms with Crippen molar-refractivity contribution in [2.75, 3.05) is 6.61 Å². The van der Waals surface area contributed by atoms with Crippen LogP contribution in [-0.4, -0.2) is 116 Å². The Balaban J connectivity index is 1.16. The lowest BCUT2D eigenvalue weighted by molar-refractivity contribution is -0.366. The molecule has 54 heavy (non-hydrogen) atoms. The van der Waals surface area contributed by atoms with Gasteiger partial charge < -0.3 is 54.7 Å². The molecule has 13 heteroatoms. The van der Waals surface area contributed by atoms with E-state index in [2.05, 4.69) is 54.5 Å². The van der Waals surface area contributed by atoms with Gasteiger partial charge in [0, 0.05) is 0 Å². The van der Waals surface area contributed by atoms with Gasteiger partial charge in [-0.2, -0.15) is 0 Å². The van der Waals surface area contributed by atoms with Crippen LogP contribution >= 0.6 is 0 Å². The summed E-state index contributed by atoms with van der Waals surface area (Å²) in [5.74, 6) is -1.55. The molecule has 0 aromatic carbocycles. The van der Waals surface area contributed by atoms with Crippen molar-refractivity contribution in [3.8, 4) is 0 Å². The van der Waals surface area contributed by atoms with Crippen molar-refractivity contribution in [1.82, 2.24) is 0 Å². The minimum atomic E-state index is -1.88. The molecule has 0 aromatic heterocycles. The Morgan fingerprint density at radius 3 is 2.11 bits per heavy atom. The van der Waals surface area contributed by atoms with Gasteiger partial charge in [-0.3, -0.25) is 4.79 Å². The van der Waals surface area contributed by atoms with Gasteiger partial charge in [0.15, 0.2) is 18.7 Å². The van der Waals surface area contributed by atoms with Crippen LogP contribution in [0.1, 0.15) is 113 Å². The number of carboxylic acid groups (broad SMARTS) is 2. The summed E-state index contributed by atoms with van der Waals surface area (Å²) in [6, 6.07) is 0. The van der Waals surface area contributed by atoms with Crippen LogP contribution in [0.2, 0.25) is 0 Å². The minimum Gasteiger partial charge on any atom is -0.481 e. The maximum atomic E-state index is 13.0. The molecule has 4 saturated carbocycles. The van der Waals surface area contributed by atoms with Crippen LogP contribution in [0.4, 0.5) is 0 Å². The van der Waals surface area contributed by atoms with Gasteiger partial charge in [-0.05, 0) is 109 Å². The molecule has 2 heterocycles. The molecule has 2 aliphatic heterocycles. The van der Waals surface area contributed by atoms with E-state index in [1.54, 1.807) is 0 Å². The van der Waals surface area contributed by atoms with E-state index in [1.807, 2.05) is 0 Å². The molecule has 5 aliphatic carbocycles. The van der Waals surface area contributed by atoms with E-state index < -0.39 is 84.2 Å². The number of aliphatic carboxylic acids is 2. The second kappa shape index (κ2) is 13.4. The highest BCUT2D eigenvalue weighted by atomic mass is 16.8. The Bertz CT molecular complexity index is 1510. The largest absolute Gasteiger partial charge is 0.481 e. The fraction of sp³-hybridized carbons (Fsp3) is 0.902. The number of aliphatic hydroxyl groups is 5. The Morgan fingerprint density at radius 2 is 1.44 bits per heavy atom. The zero-order chi connectivity index (χ0) is 39.6. The topological polar surface area (TPSA) is 213 Å². The van der Waals surface area contributed by atoms with Crippen LogP contribution in [-0.2, 0) is 28.5 Å². The molecule has 0 spiro atoms. The predicted molar refractivity (Wildman–Crippen MR) is 192 cm³/mol. The van der Waals surface area contributed by atoms with E-state index in [-0.39, 0.29) is 40.1 Å². The first-order chi connectivity index (χ1) is 25.0. The Hall–Kier alpha value is -1.68. The number of fused-ring (bicyclic) bond motifs is 7. The summed E-state index contributed by atoms with van der Waals surface area (Å²) in [7, 11) is 0. The van der Waals surface area contributed by atoms with Crippen LogP contribution in [0.25, 0.3) is 0 Å². The maximum absolute atomic E-state index is 13.0. The standard InChI is InChI=1S/C41H64O13/c1-36(2)14-16-41(35(49)50)17-15-39(6)20(21(41)18-36)8-9-24-38(5)12-11-25(37(3,4)23(38)10-13-40(24,39)7)52-34-31(28(45)27(44)30(53-34)32(47)48)54-33-29(46)26(43)22(42)19-51-33/h8,21-31,33-34,42-46H,9-19H2,1-7H3,(H,47,48)(H,49,50)/t21-,22+,23-,24+,25-,26-,27-,28-,29+,30-,31+,33-,34+,38-,39+,40+,41-/m0/s1. The van der Waals surface area contributed by atoms with E-state index in [0.717, 1.165) is 51.4 Å². The Kier molecular flexibility index (Phi) is 10.1. The molecule has 2 saturated heterocycles. The number of carbonyl (C=O) groups is 2. The molecule has 0 bridgehead atoms. The molecule has 13 nitrogen and oxygen atoms in total. The van der Waals surface area contributed by atoms with Crippen molar-refractivity contribution in [3.63, 3.8) is 0 Å². The number of ether oxygens (including phenoxy) is 4. The lowest BCUT2D eigenvalue weighted by Crippen LogP contribution is -2.67. The highest BCUT2D eigenvalue weighted by Gasteiger charge is 2.69. The van der Waals surface area contributed by atoms with Gasteiger partial charge in [-0.1, -0.05) is 60.1 Å². The first kappa shape index (κ1) is 40.5. The van der Waals surface area contributed by atoms with Gasteiger partial charge in [-0.15, -0.1) is 0 Å². The third-order valence-electron chi connectivity index (χ3n) is 16.8. The van der Waals surface area contributed by atoms with E-state index in [0.29, 0.717) is 18.8 Å². The lowest BCUT2D eigenvalue weighted by atomic mass is 9.33. The molecule has 0 unspecified atom stereocenters. The number of allylic oxidation sites excluding steroid dienone is 2. The third kappa shape index (κ3) is 5.88. The quantitative estimate of drug-likeness (QED) is 0.152. The summed E-state index contributed by atoms with van der Waals surface area (Å²) < 4.78 is 23.8. The summed E-state index contributed by atoms with van der Waals surface area (Å²) in [5, 5.41) is 73.3. The molecule has 0 amide bonds. The second-order valence-corrected chi connectivity index (χ2v) is 20.3. The average molecular weight is 765 g/mol. The van der Waals surface area contributed by atoms with Gasteiger partial charge in [0.1, 0.15) is 36.6 Å². The minimum absolute atomic E-state index is 0.0315. The van der Waals surface area contributed by atoms with Crippen molar-refractivity contribution >= 4 is 11.9 Å². The van der Waals surface area contributed by atoms with E-state index in [9.17, 15) is 45.3 Å². The van der Waals surface area contributed by atoms with Crippen molar-refractivity contribution in [1.29, 1.82) is 0 Å². The number of rotatable bonds is 6. The van der Waals surface area contributed by atoms with E-state index in [4.69, 9.17) is 18.9 Å². The molecule has 7 aliphatic rings. The smallest absolute Gasteiger partial charge is 0.335 e. The molecular weight excluding hydrogens is 700 g/mol. The summed E-state index contributed by atoms with van der Waals surface area (Å²) in [6.07, 6.45) is -4.31. The normalized spacial score (nSPS) is 52.4. The molecule has 0 aromatic rings. The van der Waals surface area contributed by atoms with Gasteiger partial charge in [0.05, 0.1) is 18.1 Å². The monoisotopic (exact) mass is 764 g/mol. The van der Waals surface area contributed by atoms with Crippen molar-refractivity contribution in [2.24, 2.45) is 50.2 Å². The molecule has 7 N–H and O–H groups in total. The van der Waals surface area contributed by atoms with Gasteiger partial charge in [0.25, 0.3) is 0 Å². The molecule has 306 valence electrons. The van der Waals surface area contributed by atoms with Crippen LogP contribution in [0.5, 0.6) is 0 Å². The SMILES string of the molecule is CC1(C)CC[C@]2(C(=O)O)CC[C@]3(C)C(=CC[C@@H]4[C@@]5(C)CC[C@H](O[C@@H]6O[C@H](C(=O)O)[C@@H](O)[C@H](O)[C@H]6O[C@@H]6OC[C@@H](O)[C@H](O)[C@H]6O)C(C)(C)[C@@H]5CC[C@]43C)[C@@H]2C1. The average Bonchev–Trinajstić information content (AvgIpc) is 3.08. The van der Waals surface area contributed by atoms with Crippen LogP contribution < -0.4 is 0 Å². The maximum Gasteiger partial charge on any atom is 0.335 e. The Labute approximate surface area is 318 Å². The van der Waals surface area contributed by atoms with Crippen LogP contribution in [0.3, 0.4) is 0 Å². The summed E-state index contributed by atoms with van der Waals surface area (Å²) in [5.41, 5.74) is 0.0561. The van der Waals surface area contributed by atoms with Gasteiger partial charge >= 0.3 is 11.9 Å². The second-order valence-electron chi connectivity index (χ2n) is 20.3. The van der Waals surface area contributed by atoms with Crippen LogP contribution in [0, 0.1) is 50.2 Å². The number of hydrogen-bond acceptors (Lipinski definition) is 11. The molecule has 17 atom stereocenters. The van der Waals surface area contributed by atoms with Crippen LogP contribution in [0.15, 0.2) is 11.6 Å². The van der Waals surface area contributed by atoms with E-state index in [1.165, 1.54) is 5.57 Å². The van der Waals surface area contributed by atoms with Crippen molar-refractivity contribution < 1.29 is 64.3 Å². The Morgan fingerprint density at radius 1 is 0.759 bits per heavy atom. The van der Waals surface area contributed by atoms with Crippen molar-refractivity contribution in [3.05, 3.63) is 11.6 Å². The highest BCUT2D eigenvalue weighted by Crippen LogP contribution is 2.76. The van der Waals surface area contributed by atoms with Crippen molar-refractivity contribution in [2.45, 2.75) is 174 Å².